The van der Waals surface area contributed by atoms with Crippen LogP contribution in [-0.2, 0) is 4.74 Å². The Kier molecular flexibility index (Phi) is 3.63. The molecule has 1 heterocycles. The SMILES string of the molecule is COc1cccc2cc(C(=O)OC3CCCCC3)oc12. The molecule has 0 bridgehead atoms. The first-order valence-electron chi connectivity index (χ1n) is 7.05. The number of methoxy groups -OCH3 is 1. The molecule has 0 spiro atoms. The normalized spacial score (nSPS) is 16.2. The average Bonchev–Trinajstić information content (AvgIpc) is 2.92. The van der Waals surface area contributed by atoms with E-state index >= 15 is 0 Å². The molecule has 3 rings (SSSR count). The van der Waals surface area contributed by atoms with Gasteiger partial charge in [-0.2, -0.15) is 0 Å². The minimum absolute atomic E-state index is 0.0337. The molecule has 0 atom stereocenters. The topological polar surface area (TPSA) is 48.7 Å². The molecule has 1 aliphatic carbocycles. The van der Waals surface area contributed by atoms with Crippen molar-refractivity contribution in [2.75, 3.05) is 7.11 Å². The first kappa shape index (κ1) is 13.0. The number of esters is 1. The Morgan fingerprint density at radius 2 is 2.05 bits per heavy atom. The van der Waals surface area contributed by atoms with Crippen LogP contribution in [0, 0.1) is 0 Å². The Morgan fingerprint density at radius 3 is 2.80 bits per heavy atom. The maximum atomic E-state index is 12.1. The van der Waals surface area contributed by atoms with Crippen molar-refractivity contribution >= 4 is 16.9 Å². The zero-order valence-electron chi connectivity index (χ0n) is 11.6. The van der Waals surface area contributed by atoms with Crippen molar-refractivity contribution in [3.63, 3.8) is 0 Å². The van der Waals surface area contributed by atoms with Crippen LogP contribution in [0.1, 0.15) is 42.7 Å². The molecule has 0 amide bonds. The van der Waals surface area contributed by atoms with Gasteiger partial charge >= 0.3 is 5.97 Å². The van der Waals surface area contributed by atoms with Crippen molar-refractivity contribution in [2.24, 2.45) is 0 Å². The molecule has 2 aromatic rings. The van der Waals surface area contributed by atoms with Gasteiger partial charge in [-0.3, -0.25) is 0 Å². The molecule has 0 N–H and O–H groups in total. The van der Waals surface area contributed by atoms with E-state index in [9.17, 15) is 4.79 Å². The standard InChI is InChI=1S/C16H18O4/c1-18-13-9-5-6-11-10-14(20-15(11)13)16(17)19-12-7-3-2-4-8-12/h5-6,9-10,12H,2-4,7-8H2,1H3. The van der Waals surface area contributed by atoms with Crippen molar-refractivity contribution in [3.05, 3.63) is 30.0 Å². The van der Waals surface area contributed by atoms with Gasteiger partial charge in [-0.05, 0) is 37.8 Å². The summed E-state index contributed by atoms with van der Waals surface area (Å²) < 4.78 is 16.3. The first-order valence-corrected chi connectivity index (χ1v) is 7.05. The maximum absolute atomic E-state index is 12.1. The predicted octanol–water partition coefficient (Wildman–Crippen LogP) is 3.93. The van der Waals surface area contributed by atoms with Gasteiger partial charge in [0, 0.05) is 5.39 Å². The summed E-state index contributed by atoms with van der Waals surface area (Å²) in [5.74, 6) is 0.490. The lowest BCUT2D eigenvalue weighted by Crippen LogP contribution is -2.20. The number of furan rings is 1. The van der Waals surface area contributed by atoms with Crippen molar-refractivity contribution < 1.29 is 18.7 Å². The van der Waals surface area contributed by atoms with Crippen molar-refractivity contribution in [3.8, 4) is 5.75 Å². The van der Waals surface area contributed by atoms with E-state index in [1.807, 2.05) is 18.2 Å². The van der Waals surface area contributed by atoms with Crippen LogP contribution in [0.2, 0.25) is 0 Å². The molecular weight excluding hydrogens is 256 g/mol. The second kappa shape index (κ2) is 5.57. The number of hydrogen-bond acceptors (Lipinski definition) is 4. The van der Waals surface area contributed by atoms with Crippen LogP contribution >= 0.6 is 0 Å². The molecule has 1 aromatic heterocycles. The summed E-state index contributed by atoms with van der Waals surface area (Å²) in [6.45, 7) is 0. The highest BCUT2D eigenvalue weighted by Crippen LogP contribution is 2.29. The zero-order valence-corrected chi connectivity index (χ0v) is 11.6. The average molecular weight is 274 g/mol. The van der Waals surface area contributed by atoms with Crippen LogP contribution < -0.4 is 4.74 Å². The summed E-state index contributed by atoms with van der Waals surface area (Å²) in [5, 5.41) is 0.847. The molecule has 1 saturated carbocycles. The molecular formula is C16H18O4. The Balaban J connectivity index is 1.80. The van der Waals surface area contributed by atoms with E-state index in [0.29, 0.717) is 11.3 Å². The Morgan fingerprint density at radius 1 is 1.25 bits per heavy atom. The lowest BCUT2D eigenvalue weighted by molar-refractivity contribution is 0.0179. The van der Waals surface area contributed by atoms with Crippen molar-refractivity contribution in [2.45, 2.75) is 38.2 Å². The number of carbonyl (C=O) groups is 1. The van der Waals surface area contributed by atoms with Crippen molar-refractivity contribution in [1.82, 2.24) is 0 Å². The third-order valence-corrected chi connectivity index (χ3v) is 3.75. The second-order valence-corrected chi connectivity index (χ2v) is 5.15. The molecule has 4 heteroatoms. The summed E-state index contributed by atoms with van der Waals surface area (Å²) in [6.07, 6.45) is 5.43. The molecule has 4 nitrogen and oxygen atoms in total. The van der Waals surface area contributed by atoms with E-state index in [4.69, 9.17) is 13.9 Å². The van der Waals surface area contributed by atoms with Crippen LogP contribution in [0.3, 0.4) is 0 Å². The van der Waals surface area contributed by atoms with Crippen LogP contribution in [-0.4, -0.2) is 19.2 Å². The fourth-order valence-electron chi connectivity index (χ4n) is 2.69. The minimum atomic E-state index is -0.379. The molecule has 1 fully saturated rings. The number of benzene rings is 1. The summed E-state index contributed by atoms with van der Waals surface area (Å²) in [5.41, 5.74) is 0.589. The highest BCUT2D eigenvalue weighted by Gasteiger charge is 2.21. The quantitative estimate of drug-likeness (QED) is 0.796. The van der Waals surface area contributed by atoms with Crippen LogP contribution in [0.15, 0.2) is 28.7 Å². The van der Waals surface area contributed by atoms with E-state index in [-0.39, 0.29) is 17.8 Å². The third kappa shape index (κ3) is 2.50. The van der Waals surface area contributed by atoms with Gasteiger partial charge < -0.3 is 13.9 Å². The molecule has 0 unspecified atom stereocenters. The number of hydrogen-bond donors (Lipinski definition) is 0. The van der Waals surface area contributed by atoms with E-state index in [1.165, 1.54) is 6.42 Å². The van der Waals surface area contributed by atoms with Crippen LogP contribution in [0.5, 0.6) is 5.75 Å². The molecule has 106 valence electrons. The highest BCUT2D eigenvalue weighted by molar-refractivity contribution is 5.94. The first-order chi connectivity index (χ1) is 9.78. The van der Waals surface area contributed by atoms with Crippen molar-refractivity contribution in [1.29, 1.82) is 0 Å². The van der Waals surface area contributed by atoms with Gasteiger partial charge in [-0.25, -0.2) is 4.79 Å². The number of para-hydroxylation sites is 1. The maximum Gasteiger partial charge on any atom is 0.374 e. The fraction of sp³-hybridized carbons (Fsp3) is 0.438. The Labute approximate surface area is 117 Å². The van der Waals surface area contributed by atoms with E-state index < -0.39 is 0 Å². The summed E-state index contributed by atoms with van der Waals surface area (Å²) in [7, 11) is 1.58. The fourth-order valence-corrected chi connectivity index (χ4v) is 2.69. The van der Waals surface area contributed by atoms with Gasteiger partial charge in [0.15, 0.2) is 11.3 Å². The summed E-state index contributed by atoms with van der Waals surface area (Å²) >= 11 is 0. The summed E-state index contributed by atoms with van der Waals surface area (Å²) in [6, 6.07) is 7.27. The smallest absolute Gasteiger partial charge is 0.374 e. The summed E-state index contributed by atoms with van der Waals surface area (Å²) in [4.78, 5) is 12.1. The van der Waals surface area contributed by atoms with Gasteiger partial charge in [0.2, 0.25) is 5.76 Å². The monoisotopic (exact) mass is 274 g/mol. The second-order valence-electron chi connectivity index (χ2n) is 5.15. The third-order valence-electron chi connectivity index (χ3n) is 3.75. The number of carbonyl (C=O) groups excluding carboxylic acids is 1. The number of fused-ring (bicyclic) bond motifs is 1. The van der Waals surface area contributed by atoms with Crippen LogP contribution in [0.25, 0.3) is 11.0 Å². The van der Waals surface area contributed by atoms with Gasteiger partial charge in [0.25, 0.3) is 0 Å². The zero-order chi connectivity index (χ0) is 13.9. The predicted molar refractivity (Wildman–Crippen MR) is 75.1 cm³/mol. The van der Waals surface area contributed by atoms with E-state index in [2.05, 4.69) is 0 Å². The van der Waals surface area contributed by atoms with Gasteiger partial charge in [0.1, 0.15) is 6.10 Å². The lowest BCUT2D eigenvalue weighted by Gasteiger charge is -2.21. The number of rotatable bonds is 3. The van der Waals surface area contributed by atoms with E-state index in [0.717, 1.165) is 31.1 Å². The van der Waals surface area contributed by atoms with E-state index in [1.54, 1.807) is 13.2 Å². The van der Waals surface area contributed by atoms with Gasteiger partial charge in [0.05, 0.1) is 7.11 Å². The molecule has 0 aliphatic heterocycles. The molecule has 0 radical (unpaired) electrons. The van der Waals surface area contributed by atoms with Crippen LogP contribution in [0.4, 0.5) is 0 Å². The van der Waals surface area contributed by atoms with Gasteiger partial charge in [-0.15, -0.1) is 0 Å². The Hall–Kier alpha value is -1.97. The molecule has 20 heavy (non-hydrogen) atoms. The lowest BCUT2D eigenvalue weighted by atomic mass is 9.98. The molecule has 1 aromatic carbocycles. The molecule has 1 aliphatic rings. The highest BCUT2D eigenvalue weighted by atomic mass is 16.6. The Bertz CT molecular complexity index is 608. The largest absolute Gasteiger partial charge is 0.493 e. The molecule has 0 saturated heterocycles. The minimum Gasteiger partial charge on any atom is -0.493 e. The van der Waals surface area contributed by atoms with Gasteiger partial charge in [-0.1, -0.05) is 18.6 Å². The number of ether oxygens (including phenoxy) is 2.